The summed E-state index contributed by atoms with van der Waals surface area (Å²) in [7, 11) is 0. The Kier molecular flexibility index (Phi) is 5.76. The number of benzene rings is 1. The van der Waals surface area contributed by atoms with Crippen molar-refractivity contribution in [2.24, 2.45) is 5.92 Å². The van der Waals surface area contributed by atoms with E-state index in [2.05, 4.69) is 34.8 Å². The number of carbonyl (C=O) groups is 1. The molecule has 1 aromatic carbocycles. The lowest BCUT2D eigenvalue weighted by Gasteiger charge is -2.32. The van der Waals surface area contributed by atoms with E-state index < -0.39 is 17.5 Å². The lowest BCUT2D eigenvalue weighted by Crippen LogP contribution is -2.38. The molecule has 1 saturated heterocycles. The lowest BCUT2D eigenvalue weighted by atomic mass is 9.92. The Morgan fingerprint density at radius 1 is 1.18 bits per heavy atom. The van der Waals surface area contributed by atoms with Gasteiger partial charge < -0.3 is 14.8 Å². The number of piperidine rings is 1. The predicted molar refractivity (Wildman–Crippen MR) is 123 cm³/mol. The maximum atomic E-state index is 14.1. The van der Waals surface area contributed by atoms with E-state index in [1.807, 2.05) is 6.33 Å². The molecule has 3 heterocycles. The minimum Gasteiger partial charge on any atom is -0.368 e. The Balaban J connectivity index is 1.36. The number of imidazole rings is 1. The zero-order valence-electron chi connectivity index (χ0n) is 19.0. The number of nitrogens with zero attached hydrogens (tertiary/aromatic N) is 4. The number of carbonyl (C=O) groups excluding carboxylic acids is 1. The Bertz CT molecular complexity index is 1180. The molecular weight excluding hydrogens is 424 g/mol. The van der Waals surface area contributed by atoms with Crippen LogP contribution in [0.15, 0.2) is 30.6 Å². The van der Waals surface area contributed by atoms with Crippen molar-refractivity contribution in [1.29, 1.82) is 0 Å². The fraction of sp³-hybridized carbons (Fsp3) is 0.480. The second-order valence-corrected chi connectivity index (χ2v) is 9.50. The molecule has 3 aromatic rings. The van der Waals surface area contributed by atoms with E-state index >= 15 is 0 Å². The van der Waals surface area contributed by atoms with E-state index in [1.165, 1.54) is 25.0 Å². The number of pyridine rings is 1. The van der Waals surface area contributed by atoms with Gasteiger partial charge in [0.1, 0.15) is 5.52 Å². The van der Waals surface area contributed by atoms with E-state index in [4.69, 9.17) is 4.98 Å². The first kappa shape index (κ1) is 21.8. The van der Waals surface area contributed by atoms with Gasteiger partial charge in [-0.2, -0.15) is 0 Å². The van der Waals surface area contributed by atoms with Crippen molar-refractivity contribution in [1.82, 2.24) is 19.4 Å². The molecule has 1 amide bonds. The third kappa shape index (κ3) is 4.30. The second kappa shape index (κ2) is 8.72. The standard InChI is InChI=1S/C25H29F2N5O/c1-15(2)32-14-29-23-21(32)12-20(30-24(23)28-13-16-6-7-16)17-8-10-31(11-9-17)25(33)18-4-3-5-19(26)22(18)27/h3-5,12,14-17H,6-11,13H2,1-2H3,(H,28,30). The lowest BCUT2D eigenvalue weighted by molar-refractivity contribution is 0.0706. The highest BCUT2D eigenvalue weighted by Gasteiger charge is 2.29. The van der Waals surface area contributed by atoms with Gasteiger partial charge in [-0.3, -0.25) is 4.79 Å². The summed E-state index contributed by atoms with van der Waals surface area (Å²) in [5, 5.41) is 3.51. The summed E-state index contributed by atoms with van der Waals surface area (Å²) in [4.78, 5) is 24.0. The second-order valence-electron chi connectivity index (χ2n) is 9.50. The largest absolute Gasteiger partial charge is 0.368 e. The summed E-state index contributed by atoms with van der Waals surface area (Å²) in [5.74, 6) is -0.804. The number of amides is 1. The van der Waals surface area contributed by atoms with Gasteiger partial charge in [0.15, 0.2) is 17.5 Å². The first-order valence-corrected chi connectivity index (χ1v) is 11.8. The summed E-state index contributed by atoms with van der Waals surface area (Å²) in [5.41, 5.74) is 2.74. The van der Waals surface area contributed by atoms with Gasteiger partial charge in [-0.25, -0.2) is 18.7 Å². The molecule has 0 unspecified atom stereocenters. The van der Waals surface area contributed by atoms with Gasteiger partial charge in [0.05, 0.1) is 17.4 Å². The number of fused-ring (bicyclic) bond motifs is 1. The van der Waals surface area contributed by atoms with Crippen LogP contribution in [0.3, 0.4) is 0 Å². The molecule has 0 radical (unpaired) electrons. The SMILES string of the molecule is CC(C)n1cnc2c(NCC3CC3)nc(C3CCN(C(=O)c4cccc(F)c4F)CC3)cc21. The highest BCUT2D eigenvalue weighted by atomic mass is 19.2. The smallest absolute Gasteiger partial charge is 0.256 e. The van der Waals surface area contributed by atoms with Gasteiger partial charge >= 0.3 is 0 Å². The molecule has 33 heavy (non-hydrogen) atoms. The van der Waals surface area contributed by atoms with Crippen molar-refractivity contribution >= 4 is 22.8 Å². The van der Waals surface area contributed by atoms with Gasteiger partial charge in [0.25, 0.3) is 5.91 Å². The normalized spacial score (nSPS) is 17.2. The Labute approximate surface area is 192 Å². The molecule has 2 aromatic heterocycles. The molecule has 174 valence electrons. The van der Waals surface area contributed by atoms with Gasteiger partial charge in [0, 0.05) is 37.3 Å². The van der Waals surface area contributed by atoms with Crippen molar-refractivity contribution < 1.29 is 13.6 Å². The average Bonchev–Trinajstić information content (AvgIpc) is 3.54. The number of halogens is 2. The van der Waals surface area contributed by atoms with Crippen LogP contribution in [0.5, 0.6) is 0 Å². The topological polar surface area (TPSA) is 63.1 Å². The number of aromatic nitrogens is 3. The quantitative estimate of drug-likeness (QED) is 0.562. The molecule has 1 aliphatic heterocycles. The summed E-state index contributed by atoms with van der Waals surface area (Å²) in [6, 6.07) is 6.14. The molecule has 0 bridgehead atoms. The molecule has 1 saturated carbocycles. The fourth-order valence-electron chi connectivity index (χ4n) is 4.57. The molecular formula is C25H29F2N5O. The van der Waals surface area contributed by atoms with Gasteiger partial charge in [-0.05, 0) is 63.6 Å². The highest BCUT2D eigenvalue weighted by Crippen LogP contribution is 2.34. The first-order chi connectivity index (χ1) is 15.9. The third-order valence-electron chi connectivity index (χ3n) is 6.78. The Morgan fingerprint density at radius 3 is 2.64 bits per heavy atom. The van der Waals surface area contributed by atoms with Crippen LogP contribution in [-0.2, 0) is 0 Å². The highest BCUT2D eigenvalue weighted by molar-refractivity contribution is 5.94. The Hall–Kier alpha value is -3.03. The van der Waals surface area contributed by atoms with Crippen LogP contribution in [0, 0.1) is 17.6 Å². The van der Waals surface area contributed by atoms with Gasteiger partial charge in [0.2, 0.25) is 0 Å². The maximum Gasteiger partial charge on any atom is 0.256 e. The van der Waals surface area contributed by atoms with Crippen molar-refractivity contribution in [2.75, 3.05) is 25.0 Å². The van der Waals surface area contributed by atoms with Crippen molar-refractivity contribution in [3.8, 4) is 0 Å². The van der Waals surface area contributed by atoms with Gasteiger partial charge in [-0.15, -0.1) is 0 Å². The Morgan fingerprint density at radius 2 is 1.94 bits per heavy atom. The van der Waals surface area contributed by atoms with E-state index in [-0.39, 0.29) is 17.5 Å². The van der Waals surface area contributed by atoms with Crippen molar-refractivity contribution in [2.45, 2.75) is 51.5 Å². The fourth-order valence-corrected chi connectivity index (χ4v) is 4.57. The summed E-state index contributed by atoms with van der Waals surface area (Å²) >= 11 is 0. The third-order valence-corrected chi connectivity index (χ3v) is 6.78. The number of nitrogens with one attached hydrogen (secondary N) is 1. The number of rotatable bonds is 6. The number of hydrogen-bond acceptors (Lipinski definition) is 4. The summed E-state index contributed by atoms with van der Waals surface area (Å²) < 4.78 is 29.8. The van der Waals surface area contributed by atoms with E-state index in [0.29, 0.717) is 13.1 Å². The molecule has 0 atom stereocenters. The minimum absolute atomic E-state index is 0.188. The molecule has 2 aliphatic rings. The number of hydrogen-bond donors (Lipinski definition) is 1. The molecule has 2 fully saturated rings. The summed E-state index contributed by atoms with van der Waals surface area (Å²) in [6.45, 7) is 6.13. The van der Waals surface area contributed by atoms with Crippen LogP contribution in [0.2, 0.25) is 0 Å². The zero-order valence-corrected chi connectivity index (χ0v) is 19.0. The molecule has 1 aliphatic carbocycles. The van der Waals surface area contributed by atoms with Crippen LogP contribution < -0.4 is 5.32 Å². The average molecular weight is 454 g/mol. The first-order valence-electron chi connectivity index (χ1n) is 11.8. The molecule has 1 N–H and O–H groups in total. The van der Waals surface area contributed by atoms with E-state index in [1.54, 1.807) is 4.90 Å². The molecule has 6 nitrogen and oxygen atoms in total. The van der Waals surface area contributed by atoms with Crippen molar-refractivity contribution in [3.63, 3.8) is 0 Å². The van der Waals surface area contributed by atoms with Gasteiger partial charge in [-0.1, -0.05) is 6.07 Å². The van der Waals surface area contributed by atoms with Crippen LogP contribution >= 0.6 is 0 Å². The van der Waals surface area contributed by atoms with Crippen LogP contribution in [0.25, 0.3) is 11.0 Å². The maximum absolute atomic E-state index is 14.1. The van der Waals surface area contributed by atoms with E-state index in [0.717, 1.165) is 53.9 Å². The predicted octanol–water partition coefficient (Wildman–Crippen LogP) is 5.13. The molecule has 0 spiro atoms. The van der Waals surface area contributed by atoms with Crippen LogP contribution in [0.1, 0.15) is 67.5 Å². The summed E-state index contributed by atoms with van der Waals surface area (Å²) in [6.07, 6.45) is 5.83. The monoisotopic (exact) mass is 453 g/mol. The number of anilines is 1. The molecule has 8 heteroatoms. The zero-order chi connectivity index (χ0) is 23.1. The molecule has 5 rings (SSSR count). The van der Waals surface area contributed by atoms with Crippen LogP contribution in [0.4, 0.5) is 14.6 Å². The minimum atomic E-state index is -1.08. The van der Waals surface area contributed by atoms with Crippen LogP contribution in [-0.4, -0.2) is 45.0 Å². The number of likely N-dealkylation sites (tertiary alicyclic amines) is 1. The van der Waals surface area contributed by atoms with E-state index in [9.17, 15) is 13.6 Å². The van der Waals surface area contributed by atoms with Crippen molar-refractivity contribution in [3.05, 3.63) is 53.5 Å².